The third-order valence-corrected chi connectivity index (χ3v) is 5.49. The molecule has 0 unspecified atom stereocenters. The highest BCUT2D eigenvalue weighted by Crippen LogP contribution is 2.38. The Balaban J connectivity index is 1.77. The lowest BCUT2D eigenvalue weighted by Crippen LogP contribution is -2.21. The van der Waals surface area contributed by atoms with Gasteiger partial charge in [0, 0.05) is 10.9 Å². The number of nitro groups is 1. The molecule has 10 heteroatoms. The van der Waals surface area contributed by atoms with Gasteiger partial charge in [0.1, 0.15) is 17.0 Å². The lowest BCUT2D eigenvalue weighted by atomic mass is 9.95. The second kappa shape index (κ2) is 8.40. The van der Waals surface area contributed by atoms with E-state index in [2.05, 4.69) is 15.6 Å². The van der Waals surface area contributed by atoms with Crippen molar-refractivity contribution in [3.63, 3.8) is 0 Å². The molecule has 8 nitrogen and oxygen atoms in total. The van der Waals surface area contributed by atoms with E-state index < -0.39 is 4.92 Å². The summed E-state index contributed by atoms with van der Waals surface area (Å²) in [6.45, 7) is 2.08. The number of aromatic nitrogens is 1. The van der Waals surface area contributed by atoms with Crippen molar-refractivity contribution in [1.29, 1.82) is 0 Å². The monoisotopic (exact) mass is 406 g/mol. The van der Waals surface area contributed by atoms with Crippen molar-refractivity contribution in [2.75, 3.05) is 17.2 Å². The molecule has 2 heterocycles. The van der Waals surface area contributed by atoms with Gasteiger partial charge in [-0.1, -0.05) is 0 Å². The van der Waals surface area contributed by atoms with Crippen LogP contribution in [0.2, 0.25) is 0 Å². The van der Waals surface area contributed by atoms with Gasteiger partial charge in [0.25, 0.3) is 5.69 Å². The van der Waals surface area contributed by atoms with Crippen LogP contribution in [0.5, 0.6) is 0 Å². The van der Waals surface area contributed by atoms with Gasteiger partial charge in [0.05, 0.1) is 17.1 Å². The molecule has 1 aliphatic carbocycles. The van der Waals surface area contributed by atoms with Crippen LogP contribution in [0.4, 0.5) is 16.5 Å². The van der Waals surface area contributed by atoms with E-state index in [-0.39, 0.29) is 16.8 Å². The van der Waals surface area contributed by atoms with Crippen molar-refractivity contribution in [1.82, 2.24) is 4.98 Å². The number of anilines is 2. The normalized spacial score (nSPS) is 12.8. The molecule has 0 bridgehead atoms. The Labute approximate surface area is 165 Å². The molecule has 2 aromatic rings. The van der Waals surface area contributed by atoms with E-state index in [4.69, 9.17) is 17.0 Å². The van der Waals surface area contributed by atoms with Gasteiger partial charge in [0.2, 0.25) is 0 Å². The number of carbonyl (C=O) groups excluding carboxylic acids is 1. The number of aryl methyl sites for hydroxylation is 1. The third-order valence-electron chi connectivity index (χ3n) is 4.08. The van der Waals surface area contributed by atoms with Gasteiger partial charge in [-0.25, -0.2) is 9.78 Å². The first-order chi connectivity index (χ1) is 13.0. The summed E-state index contributed by atoms with van der Waals surface area (Å²) in [5, 5.41) is 17.5. The molecule has 2 aromatic heterocycles. The highest BCUT2D eigenvalue weighted by atomic mass is 32.1. The number of fused-ring (bicyclic) bond motifs is 1. The number of ether oxygens (including phenoxy) is 1. The molecule has 0 aromatic carbocycles. The van der Waals surface area contributed by atoms with Crippen molar-refractivity contribution in [3.8, 4) is 0 Å². The van der Waals surface area contributed by atoms with E-state index >= 15 is 0 Å². The number of nitrogens with zero attached hydrogens (tertiary/aromatic N) is 2. The minimum atomic E-state index is -0.519. The van der Waals surface area contributed by atoms with Gasteiger partial charge in [-0.15, -0.1) is 11.3 Å². The zero-order chi connectivity index (χ0) is 19.4. The molecule has 2 N–H and O–H groups in total. The number of hydrogen-bond donors (Lipinski definition) is 2. The quantitative estimate of drug-likeness (QED) is 0.333. The summed E-state index contributed by atoms with van der Waals surface area (Å²) in [7, 11) is 0. The fourth-order valence-corrected chi connectivity index (χ4v) is 4.44. The number of hydrogen-bond acceptors (Lipinski definition) is 7. The average Bonchev–Trinajstić information content (AvgIpc) is 3.00. The summed E-state index contributed by atoms with van der Waals surface area (Å²) < 4.78 is 5.22. The predicted octanol–water partition coefficient (Wildman–Crippen LogP) is 3.92. The molecule has 0 fully saturated rings. The van der Waals surface area contributed by atoms with Crippen LogP contribution in [0, 0.1) is 10.1 Å². The van der Waals surface area contributed by atoms with Crippen molar-refractivity contribution in [2.45, 2.75) is 32.6 Å². The Morgan fingerprint density at radius 2 is 2.15 bits per heavy atom. The minimum absolute atomic E-state index is 0.102. The van der Waals surface area contributed by atoms with E-state index in [0.717, 1.165) is 37.4 Å². The first kappa shape index (κ1) is 19.2. The van der Waals surface area contributed by atoms with Crippen LogP contribution in [0.3, 0.4) is 0 Å². The van der Waals surface area contributed by atoms with Crippen LogP contribution < -0.4 is 10.6 Å². The summed E-state index contributed by atoms with van der Waals surface area (Å²) in [6, 6.07) is 2.81. The van der Waals surface area contributed by atoms with Crippen LogP contribution in [0.15, 0.2) is 18.3 Å². The van der Waals surface area contributed by atoms with Crippen LogP contribution in [0.1, 0.15) is 40.6 Å². The average molecular weight is 406 g/mol. The number of esters is 1. The third kappa shape index (κ3) is 4.40. The molecule has 0 spiro atoms. The molecule has 1 aliphatic rings. The lowest BCUT2D eigenvalue weighted by molar-refractivity contribution is -0.385. The highest BCUT2D eigenvalue weighted by molar-refractivity contribution is 7.80. The molecule has 0 radical (unpaired) electrons. The van der Waals surface area contributed by atoms with Crippen LogP contribution in [0.25, 0.3) is 0 Å². The van der Waals surface area contributed by atoms with Crippen molar-refractivity contribution < 1.29 is 14.5 Å². The Morgan fingerprint density at radius 1 is 1.37 bits per heavy atom. The summed E-state index contributed by atoms with van der Waals surface area (Å²) >= 11 is 6.82. The highest BCUT2D eigenvalue weighted by Gasteiger charge is 2.26. The largest absolute Gasteiger partial charge is 0.462 e. The van der Waals surface area contributed by atoms with Gasteiger partial charge in [-0.3, -0.25) is 10.1 Å². The van der Waals surface area contributed by atoms with Gasteiger partial charge < -0.3 is 15.4 Å². The first-order valence-electron chi connectivity index (χ1n) is 8.49. The smallest absolute Gasteiger partial charge is 0.341 e. The van der Waals surface area contributed by atoms with Crippen molar-refractivity contribution in [3.05, 3.63) is 44.4 Å². The number of rotatable bonds is 5. The molecule has 27 heavy (non-hydrogen) atoms. The number of thiophene rings is 1. The van der Waals surface area contributed by atoms with Crippen molar-refractivity contribution in [2.24, 2.45) is 0 Å². The number of nitrogens with one attached hydrogen (secondary N) is 2. The maximum atomic E-state index is 12.4. The summed E-state index contributed by atoms with van der Waals surface area (Å²) in [4.78, 5) is 27.8. The van der Waals surface area contributed by atoms with E-state index in [1.807, 2.05) is 0 Å². The summed E-state index contributed by atoms with van der Waals surface area (Å²) in [5.41, 5.74) is 1.50. The number of carbonyl (C=O) groups is 1. The molecule has 0 aliphatic heterocycles. The maximum Gasteiger partial charge on any atom is 0.341 e. The lowest BCUT2D eigenvalue weighted by Gasteiger charge is -2.13. The fraction of sp³-hybridized carbons (Fsp3) is 0.353. The molecule has 0 saturated heterocycles. The number of pyridine rings is 1. The predicted molar refractivity (Wildman–Crippen MR) is 108 cm³/mol. The molecule has 0 amide bonds. The Kier molecular flexibility index (Phi) is 5.97. The van der Waals surface area contributed by atoms with E-state index in [9.17, 15) is 14.9 Å². The standard InChI is InChI=1S/C17H18N4O4S2/c1-2-25-16(22)14-11-5-3-4-6-12(11)27-15(14)20-17(26)19-13-8-7-10(9-18-13)21(23)24/h7-9H,2-6H2,1H3,(H2,18,19,20,26). The Hall–Kier alpha value is -2.59. The fourth-order valence-electron chi connectivity index (χ4n) is 2.89. The molecule has 0 saturated carbocycles. The Morgan fingerprint density at radius 3 is 2.81 bits per heavy atom. The van der Waals surface area contributed by atoms with Crippen LogP contribution >= 0.6 is 23.6 Å². The topological polar surface area (TPSA) is 106 Å². The van der Waals surface area contributed by atoms with E-state index in [1.54, 1.807) is 6.92 Å². The second-order valence-electron chi connectivity index (χ2n) is 5.87. The van der Waals surface area contributed by atoms with Crippen molar-refractivity contribution >= 4 is 51.1 Å². The molecular formula is C17H18N4O4S2. The van der Waals surface area contributed by atoms with Gasteiger partial charge >= 0.3 is 5.97 Å². The first-order valence-corrected chi connectivity index (χ1v) is 9.72. The van der Waals surface area contributed by atoms with Crippen LogP contribution in [-0.4, -0.2) is 27.6 Å². The molecule has 3 rings (SSSR count). The molecule has 142 valence electrons. The number of thiocarbonyl (C=S) groups is 1. The minimum Gasteiger partial charge on any atom is -0.462 e. The van der Waals surface area contributed by atoms with Gasteiger partial charge in [-0.2, -0.15) is 0 Å². The second-order valence-corrected chi connectivity index (χ2v) is 7.39. The molecular weight excluding hydrogens is 388 g/mol. The van der Waals surface area contributed by atoms with E-state index in [1.165, 1.54) is 28.3 Å². The zero-order valence-electron chi connectivity index (χ0n) is 14.6. The Bertz CT molecular complexity index is 880. The summed E-state index contributed by atoms with van der Waals surface area (Å²) in [6.07, 6.45) is 5.10. The van der Waals surface area contributed by atoms with Gasteiger partial charge in [0.15, 0.2) is 5.11 Å². The summed E-state index contributed by atoms with van der Waals surface area (Å²) in [5.74, 6) is 0.0211. The zero-order valence-corrected chi connectivity index (χ0v) is 16.2. The SMILES string of the molecule is CCOC(=O)c1c(NC(=S)Nc2ccc([N+](=O)[O-])cn2)sc2c1CCCC2. The van der Waals surface area contributed by atoms with Gasteiger partial charge in [-0.05, 0) is 56.5 Å². The van der Waals surface area contributed by atoms with E-state index in [0.29, 0.717) is 23.0 Å². The molecule has 0 atom stereocenters. The maximum absolute atomic E-state index is 12.4. The van der Waals surface area contributed by atoms with Crippen LogP contribution in [-0.2, 0) is 17.6 Å².